The normalized spacial score (nSPS) is 17.8. The number of amides is 1. The molecule has 0 spiro atoms. The van der Waals surface area contributed by atoms with Gasteiger partial charge in [0.15, 0.2) is 0 Å². The second kappa shape index (κ2) is 5.04. The van der Waals surface area contributed by atoms with Crippen LogP contribution in [0.25, 0.3) is 0 Å². The van der Waals surface area contributed by atoms with Crippen molar-refractivity contribution in [3.63, 3.8) is 0 Å². The number of nitrogens with one attached hydrogen (secondary N) is 1. The lowest BCUT2D eigenvalue weighted by molar-refractivity contribution is -0.123. The zero-order valence-electron chi connectivity index (χ0n) is 10.0. The third kappa shape index (κ3) is 2.67. The van der Waals surface area contributed by atoms with E-state index in [1.54, 1.807) is 0 Å². The monoisotopic (exact) mass is 231 g/mol. The van der Waals surface area contributed by atoms with E-state index in [0.717, 1.165) is 23.3 Å². The van der Waals surface area contributed by atoms with Crippen molar-refractivity contribution >= 4 is 5.91 Å². The van der Waals surface area contributed by atoms with Crippen LogP contribution >= 0.6 is 0 Å². The first-order valence-electron chi connectivity index (χ1n) is 5.82. The summed E-state index contributed by atoms with van der Waals surface area (Å²) in [5.41, 5.74) is 1.94. The largest absolute Gasteiger partial charge is 0.493 e. The quantitative estimate of drug-likeness (QED) is 0.810. The average molecular weight is 231 g/mol. The van der Waals surface area contributed by atoms with Crippen molar-refractivity contribution < 1.29 is 9.53 Å². The number of benzene rings is 1. The Hall–Kier alpha value is -1.77. The lowest BCUT2D eigenvalue weighted by atomic mass is 9.92. The number of ether oxygens (including phenoxy) is 1. The molecule has 3 heteroatoms. The number of rotatable bonds is 3. The lowest BCUT2D eigenvalue weighted by Crippen LogP contribution is -2.33. The molecule has 0 bridgehead atoms. The first kappa shape index (κ1) is 11.7. The van der Waals surface area contributed by atoms with E-state index in [1.165, 1.54) is 0 Å². The molecule has 1 amide bonds. The SMILES string of the molecule is C=C(C)CNC(=O)C1CCOc2ccccc21. The molecule has 90 valence electrons. The summed E-state index contributed by atoms with van der Waals surface area (Å²) in [6, 6.07) is 7.73. The molecular formula is C14H17NO2. The van der Waals surface area contributed by atoms with Crippen LogP contribution < -0.4 is 10.1 Å². The van der Waals surface area contributed by atoms with Crippen LogP contribution in [0.2, 0.25) is 0 Å². The molecule has 1 aliphatic rings. The number of hydrogen-bond donors (Lipinski definition) is 1. The Morgan fingerprint density at radius 2 is 2.29 bits per heavy atom. The molecule has 1 unspecified atom stereocenters. The first-order valence-corrected chi connectivity index (χ1v) is 5.82. The van der Waals surface area contributed by atoms with Gasteiger partial charge in [-0.2, -0.15) is 0 Å². The Kier molecular flexibility index (Phi) is 3.47. The molecule has 0 radical (unpaired) electrons. The van der Waals surface area contributed by atoms with Gasteiger partial charge in [0, 0.05) is 12.1 Å². The zero-order chi connectivity index (χ0) is 12.3. The third-order valence-corrected chi connectivity index (χ3v) is 2.84. The van der Waals surface area contributed by atoms with E-state index in [4.69, 9.17) is 4.74 Å². The van der Waals surface area contributed by atoms with Gasteiger partial charge in [-0.05, 0) is 19.4 Å². The second-order valence-electron chi connectivity index (χ2n) is 4.40. The minimum absolute atomic E-state index is 0.0590. The minimum Gasteiger partial charge on any atom is -0.493 e. The van der Waals surface area contributed by atoms with Gasteiger partial charge in [-0.1, -0.05) is 30.4 Å². The van der Waals surface area contributed by atoms with Crippen molar-refractivity contribution in [3.05, 3.63) is 42.0 Å². The predicted octanol–water partition coefficient (Wildman–Crippen LogP) is 2.25. The van der Waals surface area contributed by atoms with Crippen LogP contribution in [0.1, 0.15) is 24.8 Å². The molecule has 0 saturated heterocycles. The second-order valence-corrected chi connectivity index (χ2v) is 4.40. The van der Waals surface area contributed by atoms with Crippen molar-refractivity contribution in [2.24, 2.45) is 0 Å². The minimum atomic E-state index is -0.0979. The molecule has 1 aromatic carbocycles. The van der Waals surface area contributed by atoms with Gasteiger partial charge in [-0.15, -0.1) is 0 Å². The summed E-state index contributed by atoms with van der Waals surface area (Å²) >= 11 is 0. The van der Waals surface area contributed by atoms with E-state index in [-0.39, 0.29) is 11.8 Å². The van der Waals surface area contributed by atoms with Gasteiger partial charge in [0.2, 0.25) is 5.91 Å². The Morgan fingerprint density at radius 3 is 3.06 bits per heavy atom. The molecule has 3 nitrogen and oxygen atoms in total. The first-order chi connectivity index (χ1) is 8.18. The van der Waals surface area contributed by atoms with Gasteiger partial charge in [0.1, 0.15) is 5.75 Å². The van der Waals surface area contributed by atoms with Crippen molar-refractivity contribution in [2.45, 2.75) is 19.3 Å². The Labute approximate surface area is 101 Å². The molecule has 0 saturated carbocycles. The number of hydrogen-bond acceptors (Lipinski definition) is 2. The highest BCUT2D eigenvalue weighted by atomic mass is 16.5. The molecule has 1 atom stereocenters. The summed E-state index contributed by atoms with van der Waals surface area (Å²) in [5, 5.41) is 2.90. The molecule has 0 aromatic heterocycles. The van der Waals surface area contributed by atoms with Crippen molar-refractivity contribution in [1.29, 1.82) is 0 Å². The standard InChI is InChI=1S/C14H17NO2/c1-10(2)9-15-14(16)12-7-8-17-13-6-4-3-5-11(12)13/h3-6,12H,1,7-9H2,2H3,(H,15,16). The van der Waals surface area contributed by atoms with Gasteiger partial charge in [0.05, 0.1) is 12.5 Å². The Balaban J connectivity index is 2.12. The highest BCUT2D eigenvalue weighted by molar-refractivity contribution is 5.84. The molecule has 1 aliphatic heterocycles. The summed E-state index contributed by atoms with van der Waals surface area (Å²) in [6.45, 7) is 6.82. The maximum Gasteiger partial charge on any atom is 0.228 e. The number of para-hydroxylation sites is 1. The van der Waals surface area contributed by atoms with E-state index >= 15 is 0 Å². The highest BCUT2D eigenvalue weighted by Crippen LogP contribution is 2.33. The van der Waals surface area contributed by atoms with Gasteiger partial charge in [-0.25, -0.2) is 0 Å². The van der Waals surface area contributed by atoms with Gasteiger partial charge in [-0.3, -0.25) is 4.79 Å². The molecule has 2 rings (SSSR count). The van der Waals surface area contributed by atoms with E-state index in [1.807, 2.05) is 31.2 Å². The maximum absolute atomic E-state index is 12.1. The fourth-order valence-electron chi connectivity index (χ4n) is 1.98. The molecule has 0 aliphatic carbocycles. The summed E-state index contributed by atoms with van der Waals surface area (Å²) in [7, 11) is 0. The zero-order valence-corrected chi connectivity index (χ0v) is 10.0. The molecule has 1 heterocycles. The highest BCUT2D eigenvalue weighted by Gasteiger charge is 2.26. The molecule has 1 aromatic rings. The average Bonchev–Trinajstić information content (AvgIpc) is 2.35. The van der Waals surface area contributed by atoms with Crippen LogP contribution in [0.4, 0.5) is 0 Å². The summed E-state index contributed by atoms with van der Waals surface area (Å²) in [4.78, 5) is 12.1. The Bertz CT molecular complexity index is 440. The predicted molar refractivity (Wildman–Crippen MR) is 67.1 cm³/mol. The van der Waals surface area contributed by atoms with Gasteiger partial charge < -0.3 is 10.1 Å². The van der Waals surface area contributed by atoms with Crippen LogP contribution in [-0.2, 0) is 4.79 Å². The molecule has 0 fully saturated rings. The fraction of sp³-hybridized carbons (Fsp3) is 0.357. The summed E-state index contributed by atoms with van der Waals surface area (Å²) < 4.78 is 5.53. The van der Waals surface area contributed by atoms with Crippen molar-refractivity contribution in [2.75, 3.05) is 13.2 Å². The van der Waals surface area contributed by atoms with E-state index < -0.39 is 0 Å². The van der Waals surface area contributed by atoms with Gasteiger partial charge >= 0.3 is 0 Å². The van der Waals surface area contributed by atoms with E-state index in [9.17, 15) is 4.79 Å². The molecule has 1 N–H and O–H groups in total. The van der Waals surface area contributed by atoms with E-state index in [2.05, 4.69) is 11.9 Å². The van der Waals surface area contributed by atoms with Gasteiger partial charge in [0.25, 0.3) is 0 Å². The molecular weight excluding hydrogens is 214 g/mol. The summed E-state index contributed by atoms with van der Waals surface area (Å²) in [6.07, 6.45) is 0.735. The lowest BCUT2D eigenvalue weighted by Gasteiger charge is -2.25. The van der Waals surface area contributed by atoms with Crippen LogP contribution in [0.5, 0.6) is 5.75 Å². The fourth-order valence-corrected chi connectivity index (χ4v) is 1.98. The third-order valence-electron chi connectivity index (χ3n) is 2.84. The topological polar surface area (TPSA) is 38.3 Å². The number of carbonyl (C=O) groups excluding carboxylic acids is 1. The van der Waals surface area contributed by atoms with Crippen LogP contribution in [0.3, 0.4) is 0 Å². The maximum atomic E-state index is 12.1. The van der Waals surface area contributed by atoms with Crippen LogP contribution in [0, 0.1) is 0 Å². The Morgan fingerprint density at radius 1 is 1.53 bits per heavy atom. The van der Waals surface area contributed by atoms with E-state index in [0.29, 0.717) is 13.2 Å². The summed E-state index contributed by atoms with van der Waals surface area (Å²) in [5.74, 6) is 0.789. The molecule has 17 heavy (non-hydrogen) atoms. The smallest absolute Gasteiger partial charge is 0.228 e. The van der Waals surface area contributed by atoms with Crippen LogP contribution in [-0.4, -0.2) is 19.1 Å². The van der Waals surface area contributed by atoms with Crippen molar-refractivity contribution in [3.8, 4) is 5.75 Å². The van der Waals surface area contributed by atoms with Crippen LogP contribution in [0.15, 0.2) is 36.4 Å². The number of fused-ring (bicyclic) bond motifs is 1. The number of carbonyl (C=O) groups is 1. The van der Waals surface area contributed by atoms with Crippen molar-refractivity contribution in [1.82, 2.24) is 5.32 Å².